The fourth-order valence-corrected chi connectivity index (χ4v) is 2.13. The highest BCUT2D eigenvalue weighted by Crippen LogP contribution is 2.36. The van der Waals surface area contributed by atoms with Gasteiger partial charge in [0.05, 0.1) is 6.04 Å². The molecule has 0 saturated heterocycles. The van der Waals surface area contributed by atoms with Crippen LogP contribution in [0.5, 0.6) is 0 Å². The average molecular weight is 185 g/mol. The average Bonchev–Trinajstić information content (AvgIpc) is 2.04. The molecule has 0 aromatic carbocycles. The maximum atomic E-state index is 13.7. The smallest absolute Gasteiger partial charge is 0.235 e. The summed E-state index contributed by atoms with van der Waals surface area (Å²) in [5.41, 5.74) is -1.23. The van der Waals surface area contributed by atoms with Crippen molar-refractivity contribution in [3.63, 3.8) is 0 Å². The van der Waals surface area contributed by atoms with E-state index in [9.17, 15) is 9.18 Å². The van der Waals surface area contributed by atoms with Crippen LogP contribution >= 0.6 is 0 Å². The lowest BCUT2D eigenvalue weighted by molar-refractivity contribution is 0.0797. The molecular weight excluding hydrogens is 169 g/mol. The van der Waals surface area contributed by atoms with E-state index in [1.165, 1.54) is 0 Å². The van der Waals surface area contributed by atoms with Crippen molar-refractivity contribution in [1.82, 2.24) is 0 Å². The monoisotopic (exact) mass is 185 g/mol. The minimum absolute atomic E-state index is 0.109. The van der Waals surface area contributed by atoms with Gasteiger partial charge in [-0.05, 0) is 26.7 Å². The summed E-state index contributed by atoms with van der Waals surface area (Å²) in [7, 11) is 0. The number of rotatable bonds is 2. The summed E-state index contributed by atoms with van der Waals surface area (Å²) >= 11 is 0. The quantitative estimate of drug-likeness (QED) is 0.480. The van der Waals surface area contributed by atoms with Crippen LogP contribution in [0.25, 0.3) is 0 Å². The van der Waals surface area contributed by atoms with E-state index in [0.29, 0.717) is 0 Å². The highest BCUT2D eigenvalue weighted by atomic mass is 19.1. The highest BCUT2D eigenvalue weighted by molar-refractivity contribution is 5.33. The number of alkyl halides is 1. The van der Waals surface area contributed by atoms with Crippen LogP contribution in [0.1, 0.15) is 39.5 Å². The number of isocyanates is 1. The Kier molecular flexibility index (Phi) is 3.21. The van der Waals surface area contributed by atoms with Gasteiger partial charge in [-0.15, -0.1) is 0 Å². The zero-order valence-electron chi connectivity index (χ0n) is 8.22. The van der Waals surface area contributed by atoms with Crippen LogP contribution in [0.4, 0.5) is 4.39 Å². The molecule has 1 saturated carbocycles. The minimum Gasteiger partial charge on any atom is -0.244 e. The molecule has 0 aromatic heterocycles. The van der Waals surface area contributed by atoms with Crippen LogP contribution < -0.4 is 0 Å². The first-order valence-electron chi connectivity index (χ1n) is 4.81. The summed E-state index contributed by atoms with van der Waals surface area (Å²) in [5.74, 6) is -0.109. The van der Waals surface area contributed by atoms with E-state index in [1.807, 2.05) is 0 Å². The largest absolute Gasteiger partial charge is 0.244 e. The van der Waals surface area contributed by atoms with E-state index in [0.717, 1.165) is 25.7 Å². The van der Waals surface area contributed by atoms with E-state index < -0.39 is 5.67 Å². The fourth-order valence-electron chi connectivity index (χ4n) is 2.13. The zero-order valence-corrected chi connectivity index (χ0v) is 8.22. The topological polar surface area (TPSA) is 29.4 Å². The lowest BCUT2D eigenvalue weighted by Crippen LogP contribution is -2.37. The molecule has 2 unspecified atom stereocenters. The number of aliphatic imine (C=N–C) groups is 1. The molecule has 0 heterocycles. The van der Waals surface area contributed by atoms with Crippen molar-refractivity contribution in [2.24, 2.45) is 10.9 Å². The molecule has 0 bridgehead atoms. The van der Waals surface area contributed by atoms with Gasteiger partial charge in [-0.3, -0.25) is 0 Å². The SMILES string of the molecule is CC(C)(F)C1CCCCC1N=C=O. The van der Waals surface area contributed by atoms with Crippen molar-refractivity contribution in [2.75, 3.05) is 0 Å². The third-order valence-electron chi connectivity index (χ3n) is 2.83. The maximum absolute atomic E-state index is 13.7. The van der Waals surface area contributed by atoms with Crippen LogP contribution in [-0.2, 0) is 4.79 Å². The molecule has 2 nitrogen and oxygen atoms in total. The van der Waals surface area contributed by atoms with Gasteiger partial charge in [0.2, 0.25) is 6.08 Å². The lowest BCUT2D eigenvalue weighted by atomic mass is 9.76. The Hall–Kier alpha value is -0.690. The third kappa shape index (κ3) is 2.63. The van der Waals surface area contributed by atoms with Crippen molar-refractivity contribution in [1.29, 1.82) is 0 Å². The van der Waals surface area contributed by atoms with Gasteiger partial charge in [-0.2, -0.15) is 0 Å². The molecule has 1 aliphatic rings. The van der Waals surface area contributed by atoms with Gasteiger partial charge in [0.1, 0.15) is 5.67 Å². The Morgan fingerprint density at radius 1 is 1.38 bits per heavy atom. The van der Waals surface area contributed by atoms with Crippen molar-refractivity contribution in [3.8, 4) is 0 Å². The summed E-state index contributed by atoms with van der Waals surface area (Å²) < 4.78 is 13.7. The first-order chi connectivity index (χ1) is 6.05. The third-order valence-corrected chi connectivity index (χ3v) is 2.83. The van der Waals surface area contributed by atoms with Gasteiger partial charge < -0.3 is 0 Å². The summed E-state index contributed by atoms with van der Waals surface area (Å²) in [6, 6.07) is -0.147. The molecule has 74 valence electrons. The van der Waals surface area contributed by atoms with Crippen LogP contribution in [0.2, 0.25) is 0 Å². The molecule has 3 heteroatoms. The van der Waals surface area contributed by atoms with E-state index in [2.05, 4.69) is 4.99 Å². The fraction of sp³-hybridized carbons (Fsp3) is 0.900. The Bertz CT molecular complexity index is 215. The number of hydrogen-bond acceptors (Lipinski definition) is 2. The number of hydrogen-bond donors (Lipinski definition) is 0. The van der Waals surface area contributed by atoms with Gasteiger partial charge in [0.15, 0.2) is 0 Å². The van der Waals surface area contributed by atoms with Gasteiger partial charge in [0, 0.05) is 5.92 Å². The van der Waals surface area contributed by atoms with Crippen molar-refractivity contribution in [2.45, 2.75) is 51.2 Å². The van der Waals surface area contributed by atoms with Crippen LogP contribution in [0.3, 0.4) is 0 Å². The Morgan fingerprint density at radius 3 is 2.54 bits per heavy atom. The summed E-state index contributed by atoms with van der Waals surface area (Å²) in [6.45, 7) is 3.13. The van der Waals surface area contributed by atoms with E-state index in [1.54, 1.807) is 19.9 Å². The second-order valence-corrected chi connectivity index (χ2v) is 4.24. The van der Waals surface area contributed by atoms with E-state index in [-0.39, 0.29) is 12.0 Å². The molecule has 0 spiro atoms. The molecule has 1 rings (SSSR count). The van der Waals surface area contributed by atoms with Gasteiger partial charge >= 0.3 is 0 Å². The number of halogens is 1. The second kappa shape index (κ2) is 4.01. The molecular formula is C10H16FNO. The summed E-state index contributed by atoms with van der Waals surface area (Å²) in [5, 5.41) is 0. The number of carbonyl (C=O) groups excluding carboxylic acids is 1. The molecule has 0 radical (unpaired) electrons. The van der Waals surface area contributed by atoms with E-state index >= 15 is 0 Å². The Morgan fingerprint density at radius 2 is 2.00 bits per heavy atom. The summed E-state index contributed by atoms with van der Waals surface area (Å²) in [6.07, 6.45) is 5.30. The molecule has 0 aromatic rings. The highest BCUT2D eigenvalue weighted by Gasteiger charge is 2.37. The van der Waals surface area contributed by atoms with Crippen molar-refractivity contribution < 1.29 is 9.18 Å². The number of nitrogens with zero attached hydrogens (tertiary/aromatic N) is 1. The Balaban J connectivity index is 2.73. The molecule has 1 aliphatic carbocycles. The Labute approximate surface area is 78.2 Å². The molecule has 2 atom stereocenters. The van der Waals surface area contributed by atoms with Crippen LogP contribution in [-0.4, -0.2) is 17.8 Å². The summed E-state index contributed by atoms with van der Waals surface area (Å²) in [4.78, 5) is 13.8. The van der Waals surface area contributed by atoms with Gasteiger partial charge in [-0.25, -0.2) is 14.2 Å². The molecule has 13 heavy (non-hydrogen) atoms. The van der Waals surface area contributed by atoms with Crippen LogP contribution in [0.15, 0.2) is 4.99 Å². The van der Waals surface area contributed by atoms with Crippen molar-refractivity contribution >= 4 is 6.08 Å². The first-order valence-corrected chi connectivity index (χ1v) is 4.81. The van der Waals surface area contributed by atoms with E-state index in [4.69, 9.17) is 0 Å². The molecule has 0 N–H and O–H groups in total. The molecule has 1 fully saturated rings. The van der Waals surface area contributed by atoms with Gasteiger partial charge in [0.25, 0.3) is 0 Å². The lowest BCUT2D eigenvalue weighted by Gasteiger charge is -2.34. The standard InChI is InChI=1S/C10H16FNO/c1-10(2,11)8-5-3-4-6-9(8)12-7-13/h8-9H,3-6H2,1-2H3. The zero-order chi connectivity index (χ0) is 9.90. The predicted molar refractivity (Wildman–Crippen MR) is 49.1 cm³/mol. The first kappa shape index (κ1) is 10.4. The van der Waals surface area contributed by atoms with Crippen LogP contribution in [0, 0.1) is 5.92 Å². The van der Waals surface area contributed by atoms with Crippen molar-refractivity contribution in [3.05, 3.63) is 0 Å². The maximum Gasteiger partial charge on any atom is 0.235 e. The molecule has 0 aliphatic heterocycles. The normalized spacial score (nSPS) is 29.5. The predicted octanol–water partition coefficient (Wildman–Crippen LogP) is 2.63. The van der Waals surface area contributed by atoms with Gasteiger partial charge in [-0.1, -0.05) is 12.8 Å². The molecule has 0 amide bonds. The minimum atomic E-state index is -1.23. The second-order valence-electron chi connectivity index (χ2n) is 4.24.